The normalized spacial score (nSPS) is 10.0. The zero-order chi connectivity index (χ0) is 12.5. The summed E-state index contributed by atoms with van der Waals surface area (Å²) in [6, 6.07) is 9.54. The molecule has 0 atom stereocenters. The molecule has 17 heavy (non-hydrogen) atoms. The average molecular weight is 237 g/mol. The van der Waals surface area contributed by atoms with Crippen LogP contribution in [0.15, 0.2) is 30.3 Å². The van der Waals surface area contributed by atoms with Crippen molar-refractivity contribution in [3.63, 3.8) is 0 Å². The van der Waals surface area contributed by atoms with Gasteiger partial charge in [0.2, 0.25) is 0 Å². The summed E-state index contributed by atoms with van der Waals surface area (Å²) in [5.41, 5.74) is 0.960. The molecule has 1 rings (SSSR count). The van der Waals surface area contributed by atoms with Crippen molar-refractivity contribution in [1.82, 2.24) is 4.90 Å². The van der Waals surface area contributed by atoms with Crippen LogP contribution in [0.25, 0.3) is 0 Å². The van der Waals surface area contributed by atoms with Gasteiger partial charge >= 0.3 is 6.09 Å². The lowest BCUT2D eigenvalue weighted by Gasteiger charge is -2.20. The quantitative estimate of drug-likeness (QED) is 0.823. The molecule has 0 spiro atoms. The van der Waals surface area contributed by atoms with Crippen LogP contribution in [0.3, 0.4) is 0 Å². The lowest BCUT2D eigenvalue weighted by atomic mass is 10.2. The van der Waals surface area contributed by atoms with Crippen LogP contribution in [-0.4, -0.2) is 35.8 Å². The van der Waals surface area contributed by atoms with E-state index in [1.165, 1.54) is 4.90 Å². The largest absolute Gasteiger partial charge is 0.445 e. The summed E-state index contributed by atoms with van der Waals surface area (Å²) >= 11 is 0. The van der Waals surface area contributed by atoms with Gasteiger partial charge in [-0.25, -0.2) is 4.79 Å². The molecule has 0 saturated carbocycles. The molecule has 1 amide bonds. The number of nitrogens with zero attached hydrogens (tertiary/aromatic N) is 1. The van der Waals surface area contributed by atoms with Gasteiger partial charge in [0.15, 0.2) is 0 Å². The van der Waals surface area contributed by atoms with Gasteiger partial charge in [0.25, 0.3) is 0 Å². The summed E-state index contributed by atoms with van der Waals surface area (Å²) in [4.78, 5) is 13.2. The topological polar surface area (TPSA) is 49.8 Å². The molecule has 1 aromatic rings. The smallest absolute Gasteiger partial charge is 0.410 e. The maximum Gasteiger partial charge on any atom is 0.410 e. The molecule has 94 valence electrons. The lowest BCUT2D eigenvalue weighted by molar-refractivity contribution is 0.0886. The van der Waals surface area contributed by atoms with E-state index in [2.05, 4.69) is 0 Å². The fraction of sp³-hybridized carbons (Fsp3) is 0.462. The maximum absolute atomic E-state index is 11.7. The maximum atomic E-state index is 11.7. The summed E-state index contributed by atoms with van der Waals surface area (Å²) in [5.74, 6) is 0. The number of rotatable bonds is 6. The first-order valence-corrected chi connectivity index (χ1v) is 5.84. The summed E-state index contributed by atoms with van der Waals surface area (Å²) in [6.07, 6.45) is 0.477. The van der Waals surface area contributed by atoms with Crippen LogP contribution in [0.4, 0.5) is 4.79 Å². The van der Waals surface area contributed by atoms with E-state index >= 15 is 0 Å². The molecule has 0 unspecified atom stereocenters. The van der Waals surface area contributed by atoms with Crippen molar-refractivity contribution < 1.29 is 14.6 Å². The molecular formula is C13H19NO3. The van der Waals surface area contributed by atoms with Gasteiger partial charge in [-0.05, 0) is 12.0 Å². The minimum Gasteiger partial charge on any atom is -0.445 e. The Bertz CT molecular complexity index is 321. The van der Waals surface area contributed by atoms with Gasteiger partial charge in [0.1, 0.15) is 6.61 Å². The lowest BCUT2D eigenvalue weighted by Crippen LogP contribution is -2.34. The van der Waals surface area contributed by atoms with Crippen LogP contribution < -0.4 is 0 Å². The van der Waals surface area contributed by atoms with Gasteiger partial charge in [-0.1, -0.05) is 37.3 Å². The number of aliphatic hydroxyl groups excluding tert-OH is 1. The second-order valence-corrected chi connectivity index (χ2v) is 3.75. The Kier molecular flexibility index (Phi) is 6.10. The molecule has 0 bridgehead atoms. The second-order valence-electron chi connectivity index (χ2n) is 3.75. The van der Waals surface area contributed by atoms with Gasteiger partial charge in [-0.2, -0.15) is 0 Å². The SMILES string of the molecule is CCCN(CCO)C(=O)OCc1ccccc1. The number of hydrogen-bond donors (Lipinski definition) is 1. The predicted molar refractivity (Wildman–Crippen MR) is 65.6 cm³/mol. The number of amides is 1. The van der Waals surface area contributed by atoms with Crippen LogP contribution >= 0.6 is 0 Å². The standard InChI is InChI=1S/C13H19NO3/c1-2-8-14(9-10-15)13(16)17-11-12-6-4-3-5-7-12/h3-7,15H,2,8-11H2,1H3. The van der Waals surface area contributed by atoms with Gasteiger partial charge in [0, 0.05) is 13.1 Å². The summed E-state index contributed by atoms with van der Waals surface area (Å²) in [6.45, 7) is 3.14. The zero-order valence-electron chi connectivity index (χ0n) is 10.1. The van der Waals surface area contributed by atoms with Crippen molar-refractivity contribution in [2.24, 2.45) is 0 Å². The van der Waals surface area contributed by atoms with E-state index in [0.717, 1.165) is 12.0 Å². The van der Waals surface area contributed by atoms with E-state index in [0.29, 0.717) is 13.1 Å². The first-order chi connectivity index (χ1) is 8.27. The Morgan fingerprint density at radius 1 is 1.29 bits per heavy atom. The van der Waals surface area contributed by atoms with Crippen LogP contribution in [-0.2, 0) is 11.3 Å². The van der Waals surface area contributed by atoms with E-state index in [4.69, 9.17) is 9.84 Å². The summed E-state index contributed by atoms with van der Waals surface area (Å²) in [5, 5.41) is 8.85. The predicted octanol–water partition coefficient (Wildman–Crippen LogP) is 2.03. The van der Waals surface area contributed by atoms with Gasteiger partial charge in [-0.3, -0.25) is 0 Å². The molecule has 0 aromatic heterocycles. The summed E-state index contributed by atoms with van der Waals surface area (Å²) in [7, 11) is 0. The van der Waals surface area contributed by atoms with E-state index in [-0.39, 0.29) is 19.3 Å². The fourth-order valence-corrected chi connectivity index (χ4v) is 1.50. The number of carbonyl (C=O) groups excluding carboxylic acids is 1. The molecule has 4 heteroatoms. The Morgan fingerprint density at radius 3 is 2.59 bits per heavy atom. The summed E-state index contributed by atoms with van der Waals surface area (Å²) < 4.78 is 5.17. The third-order valence-corrected chi connectivity index (χ3v) is 2.33. The average Bonchev–Trinajstić information content (AvgIpc) is 2.37. The second kappa shape index (κ2) is 7.68. The molecule has 0 aliphatic carbocycles. The van der Waals surface area contributed by atoms with Crippen molar-refractivity contribution in [2.45, 2.75) is 20.0 Å². The van der Waals surface area contributed by atoms with Crippen LogP contribution in [0.1, 0.15) is 18.9 Å². The van der Waals surface area contributed by atoms with Crippen molar-refractivity contribution >= 4 is 6.09 Å². The third kappa shape index (κ3) is 4.87. The Morgan fingerprint density at radius 2 is 2.00 bits per heavy atom. The van der Waals surface area contributed by atoms with E-state index in [9.17, 15) is 4.79 Å². The first kappa shape index (κ1) is 13.5. The Balaban J connectivity index is 2.41. The minimum atomic E-state index is -0.371. The fourth-order valence-electron chi connectivity index (χ4n) is 1.50. The highest BCUT2D eigenvalue weighted by atomic mass is 16.6. The molecular weight excluding hydrogens is 218 g/mol. The van der Waals surface area contributed by atoms with Crippen molar-refractivity contribution in [3.8, 4) is 0 Å². The number of carbonyl (C=O) groups is 1. The van der Waals surface area contributed by atoms with Crippen LogP contribution in [0, 0.1) is 0 Å². The number of benzene rings is 1. The highest BCUT2D eigenvalue weighted by Gasteiger charge is 2.12. The van der Waals surface area contributed by atoms with E-state index in [1.807, 2.05) is 37.3 Å². The molecule has 0 aliphatic heterocycles. The molecule has 0 aliphatic rings. The van der Waals surface area contributed by atoms with Crippen molar-refractivity contribution in [3.05, 3.63) is 35.9 Å². The molecule has 1 N–H and O–H groups in total. The minimum absolute atomic E-state index is 0.0412. The third-order valence-electron chi connectivity index (χ3n) is 2.33. The highest BCUT2D eigenvalue weighted by Crippen LogP contribution is 2.03. The highest BCUT2D eigenvalue weighted by molar-refractivity contribution is 5.67. The number of ether oxygens (including phenoxy) is 1. The van der Waals surface area contributed by atoms with E-state index in [1.54, 1.807) is 0 Å². The number of aliphatic hydroxyl groups is 1. The molecule has 0 radical (unpaired) electrons. The zero-order valence-corrected chi connectivity index (χ0v) is 10.1. The van der Waals surface area contributed by atoms with Gasteiger partial charge in [-0.15, -0.1) is 0 Å². The van der Waals surface area contributed by atoms with Crippen LogP contribution in [0.2, 0.25) is 0 Å². The van der Waals surface area contributed by atoms with Gasteiger partial charge < -0.3 is 14.7 Å². The molecule has 0 heterocycles. The number of hydrogen-bond acceptors (Lipinski definition) is 3. The van der Waals surface area contributed by atoms with Crippen LogP contribution in [0.5, 0.6) is 0 Å². The molecule has 4 nitrogen and oxygen atoms in total. The van der Waals surface area contributed by atoms with Crippen molar-refractivity contribution in [2.75, 3.05) is 19.7 Å². The van der Waals surface area contributed by atoms with Crippen molar-refractivity contribution in [1.29, 1.82) is 0 Å². The van der Waals surface area contributed by atoms with E-state index < -0.39 is 0 Å². The molecule has 1 aromatic carbocycles. The first-order valence-electron chi connectivity index (χ1n) is 5.84. The molecule has 0 fully saturated rings. The molecule has 0 saturated heterocycles. The monoisotopic (exact) mass is 237 g/mol. The Labute approximate surface area is 102 Å². The van der Waals surface area contributed by atoms with Gasteiger partial charge in [0.05, 0.1) is 6.61 Å². The Hall–Kier alpha value is -1.55.